The molecule has 0 spiro atoms. The van der Waals surface area contributed by atoms with Gasteiger partial charge in [-0.3, -0.25) is 0 Å². The van der Waals surface area contributed by atoms with Gasteiger partial charge in [0.2, 0.25) is 0 Å². The molecule has 1 heteroatoms. The molecule has 0 aromatic carbocycles. The van der Waals surface area contributed by atoms with Gasteiger partial charge in [-0.05, 0) is 204 Å². The number of hydrogen-bond donors (Lipinski definition) is 0. The van der Waals surface area contributed by atoms with E-state index in [0.717, 1.165) is 105 Å². The van der Waals surface area contributed by atoms with Gasteiger partial charge in [0.1, 0.15) is 0 Å². The highest BCUT2D eigenvalue weighted by molar-refractivity contribution is 8.00. The second kappa shape index (κ2) is 11.5. The molecule has 0 nitrogen and oxygen atoms in total. The van der Waals surface area contributed by atoms with Gasteiger partial charge in [-0.1, -0.05) is 39.5 Å². The first-order valence-electron chi connectivity index (χ1n) is 20.3. The summed E-state index contributed by atoms with van der Waals surface area (Å²) in [5, 5.41) is 2.09. The molecule has 8 saturated carbocycles. The van der Waals surface area contributed by atoms with Crippen LogP contribution in [0.5, 0.6) is 0 Å². The van der Waals surface area contributed by atoms with E-state index in [1.165, 1.54) is 6.42 Å². The van der Waals surface area contributed by atoms with E-state index in [1.54, 1.807) is 128 Å². The van der Waals surface area contributed by atoms with Crippen LogP contribution in [0, 0.1) is 94.7 Å². The van der Waals surface area contributed by atoms with Gasteiger partial charge in [-0.2, -0.15) is 11.8 Å². The van der Waals surface area contributed by atoms with Crippen molar-refractivity contribution in [2.75, 3.05) is 0 Å². The van der Waals surface area contributed by atoms with E-state index in [1.807, 2.05) is 0 Å². The van der Waals surface area contributed by atoms with E-state index < -0.39 is 0 Å². The van der Waals surface area contributed by atoms with Gasteiger partial charge in [-0.25, -0.2) is 0 Å². The van der Waals surface area contributed by atoms with Gasteiger partial charge in [-0.15, -0.1) is 0 Å². The fourth-order valence-corrected chi connectivity index (χ4v) is 18.0. The molecular weight excluding hydrogens is 525 g/mol. The molecule has 42 heavy (non-hydrogen) atoms. The summed E-state index contributed by atoms with van der Waals surface area (Å²) in [6, 6.07) is 0. The van der Waals surface area contributed by atoms with Crippen LogP contribution < -0.4 is 0 Å². The Balaban J connectivity index is 0.899. The van der Waals surface area contributed by atoms with Crippen molar-refractivity contribution in [3.8, 4) is 0 Å². The second-order valence-electron chi connectivity index (χ2n) is 19.0. The molecule has 0 aromatic rings. The monoisotopic (exact) mass is 590 g/mol. The summed E-state index contributed by atoms with van der Waals surface area (Å²) in [6.07, 6.45) is 33.7. The summed E-state index contributed by atoms with van der Waals surface area (Å²) >= 11 is 2.53. The lowest BCUT2D eigenvalue weighted by Gasteiger charge is -2.56. The molecule has 1 aliphatic heterocycles. The van der Waals surface area contributed by atoms with Gasteiger partial charge in [0.25, 0.3) is 0 Å². The lowest BCUT2D eigenvalue weighted by molar-refractivity contribution is -0.0657. The molecular formula is C41H66S. The Labute approximate surface area is 264 Å². The lowest BCUT2D eigenvalue weighted by atomic mass is 9.49. The number of rotatable bonds is 2. The maximum atomic E-state index is 2.70. The van der Waals surface area contributed by atoms with Crippen molar-refractivity contribution in [1.29, 1.82) is 0 Å². The second-order valence-corrected chi connectivity index (χ2v) is 20.5. The van der Waals surface area contributed by atoms with Crippen molar-refractivity contribution in [2.45, 2.75) is 159 Å². The van der Waals surface area contributed by atoms with Crippen LogP contribution in [0.15, 0.2) is 0 Å². The first kappa shape index (κ1) is 28.6. The average Bonchev–Trinajstić information content (AvgIpc) is 3.58. The highest BCUT2D eigenvalue weighted by atomic mass is 32.2. The zero-order valence-corrected chi connectivity index (χ0v) is 28.5. The summed E-state index contributed by atoms with van der Waals surface area (Å²) in [7, 11) is 0. The van der Waals surface area contributed by atoms with Gasteiger partial charge < -0.3 is 0 Å². The molecule has 1 saturated heterocycles. The third-order valence-corrected chi connectivity index (χ3v) is 19.1. The summed E-state index contributed by atoms with van der Waals surface area (Å²) in [5.74, 6) is 17.7. The van der Waals surface area contributed by atoms with E-state index in [0.29, 0.717) is 0 Å². The summed E-state index contributed by atoms with van der Waals surface area (Å²) < 4.78 is 0. The molecule has 9 fully saturated rings. The summed E-state index contributed by atoms with van der Waals surface area (Å²) in [6.45, 7) is 5.26. The number of thioether (sulfide) groups is 1. The highest BCUT2D eigenvalue weighted by Crippen LogP contribution is 2.64. The van der Waals surface area contributed by atoms with E-state index in [4.69, 9.17) is 0 Å². The van der Waals surface area contributed by atoms with E-state index in [-0.39, 0.29) is 0 Å². The predicted molar refractivity (Wildman–Crippen MR) is 179 cm³/mol. The first-order valence-corrected chi connectivity index (χ1v) is 21.2. The minimum Gasteiger partial charge on any atom is -0.155 e. The van der Waals surface area contributed by atoms with Crippen molar-refractivity contribution in [3.05, 3.63) is 0 Å². The average molecular weight is 591 g/mol. The van der Waals surface area contributed by atoms with Crippen LogP contribution in [-0.4, -0.2) is 10.5 Å². The summed E-state index contributed by atoms with van der Waals surface area (Å²) in [4.78, 5) is 0. The smallest absolute Gasteiger partial charge is 0.00839 e. The third kappa shape index (κ3) is 4.86. The lowest BCUT2D eigenvalue weighted by Crippen LogP contribution is -2.48. The van der Waals surface area contributed by atoms with Crippen molar-refractivity contribution >= 4 is 11.8 Å². The summed E-state index contributed by atoms with van der Waals surface area (Å²) in [5.41, 5.74) is 0. The SMILES string of the molecule is CC1CCC2SC3CC(C4CC(C)CC5C6CC(C7CCCC8C9CCCCC9CC78)CCC6CCC45)CCC3C2C1. The standard InChI is InChI=1S/C41H66S/c1-24-10-17-40-39(18-24)34-16-14-29(23-41(34)42-40)35-19-25(2)20-37-33(35)15-13-26-11-12-28(21-36(26)37)31-8-5-9-32-30-7-4-3-6-27(30)22-38(31)32/h24-41H,3-23H2,1-2H3. The Kier molecular flexibility index (Phi) is 7.85. The van der Waals surface area contributed by atoms with Crippen LogP contribution in [0.1, 0.15) is 149 Å². The van der Waals surface area contributed by atoms with Gasteiger partial charge in [0, 0.05) is 10.5 Å². The Morgan fingerprint density at radius 1 is 0.310 bits per heavy atom. The van der Waals surface area contributed by atoms with Crippen LogP contribution >= 0.6 is 11.8 Å². The molecule has 18 atom stereocenters. The molecule has 9 aliphatic rings. The van der Waals surface area contributed by atoms with Crippen molar-refractivity contribution in [3.63, 3.8) is 0 Å². The normalized spacial score (nSPS) is 59.0. The Hall–Kier alpha value is 0.350. The van der Waals surface area contributed by atoms with E-state index in [2.05, 4.69) is 25.6 Å². The van der Waals surface area contributed by atoms with Gasteiger partial charge in [0.15, 0.2) is 0 Å². The minimum atomic E-state index is 1.00. The van der Waals surface area contributed by atoms with Crippen molar-refractivity contribution in [1.82, 2.24) is 0 Å². The van der Waals surface area contributed by atoms with E-state index >= 15 is 0 Å². The highest BCUT2D eigenvalue weighted by Gasteiger charge is 2.55. The fourth-order valence-electron chi connectivity index (χ4n) is 15.8. The quantitative estimate of drug-likeness (QED) is 0.308. The van der Waals surface area contributed by atoms with Crippen molar-refractivity contribution in [2.24, 2.45) is 94.7 Å². The van der Waals surface area contributed by atoms with Crippen LogP contribution in [0.3, 0.4) is 0 Å². The van der Waals surface area contributed by atoms with Crippen LogP contribution in [0.2, 0.25) is 0 Å². The number of hydrogen-bond acceptors (Lipinski definition) is 1. The van der Waals surface area contributed by atoms with Crippen molar-refractivity contribution < 1.29 is 0 Å². The third-order valence-electron chi connectivity index (χ3n) is 17.3. The van der Waals surface area contributed by atoms with Gasteiger partial charge in [0.05, 0.1) is 0 Å². The first-order chi connectivity index (χ1) is 20.6. The van der Waals surface area contributed by atoms with Crippen LogP contribution in [0.25, 0.3) is 0 Å². The molecule has 236 valence electrons. The molecule has 0 aromatic heterocycles. The topological polar surface area (TPSA) is 0 Å². The zero-order chi connectivity index (χ0) is 27.9. The molecule has 0 bridgehead atoms. The molecule has 18 unspecified atom stereocenters. The van der Waals surface area contributed by atoms with Crippen LogP contribution in [0.4, 0.5) is 0 Å². The fraction of sp³-hybridized carbons (Fsp3) is 1.00. The molecule has 1 heterocycles. The van der Waals surface area contributed by atoms with Gasteiger partial charge >= 0.3 is 0 Å². The molecule has 9 rings (SSSR count). The predicted octanol–water partition coefficient (Wildman–Crippen LogP) is 11.7. The minimum absolute atomic E-state index is 1.00. The molecule has 8 aliphatic carbocycles. The zero-order valence-electron chi connectivity index (χ0n) is 27.6. The Morgan fingerprint density at radius 2 is 0.881 bits per heavy atom. The van der Waals surface area contributed by atoms with E-state index in [9.17, 15) is 0 Å². The Bertz CT molecular complexity index is 957. The Morgan fingerprint density at radius 3 is 1.83 bits per heavy atom. The largest absolute Gasteiger partial charge is 0.155 e. The maximum Gasteiger partial charge on any atom is 0.00839 e. The molecule has 0 N–H and O–H groups in total. The molecule has 0 radical (unpaired) electrons. The molecule has 0 amide bonds. The van der Waals surface area contributed by atoms with Crippen LogP contribution in [-0.2, 0) is 0 Å². The number of fused-ring (bicyclic) bond motifs is 9. The maximum absolute atomic E-state index is 2.70.